The van der Waals surface area contributed by atoms with Crippen LogP contribution in [0, 0.1) is 5.92 Å². The Morgan fingerprint density at radius 1 is 1.12 bits per heavy atom. The Labute approximate surface area is 148 Å². The average molecular weight is 346 g/mol. The predicted octanol–water partition coefficient (Wildman–Crippen LogP) is 2.73. The predicted molar refractivity (Wildman–Crippen MR) is 95.2 cm³/mol. The van der Waals surface area contributed by atoms with E-state index in [4.69, 9.17) is 5.11 Å². The van der Waals surface area contributed by atoms with Crippen LogP contribution in [-0.4, -0.2) is 28.9 Å². The van der Waals surface area contributed by atoms with Crippen LogP contribution in [0.2, 0.25) is 0 Å². The average Bonchev–Trinajstić information content (AvgIpc) is 2.57. The molecule has 1 aliphatic carbocycles. The fraction of sp³-hybridized carbons (Fsp3) is 0.526. The maximum Gasteiger partial charge on any atom is 0.307 e. The highest BCUT2D eigenvalue weighted by molar-refractivity contribution is 5.96. The maximum atomic E-state index is 12.2. The fourth-order valence-corrected chi connectivity index (χ4v) is 3.15. The summed E-state index contributed by atoms with van der Waals surface area (Å²) in [6.07, 6.45) is 6.25. The zero-order chi connectivity index (χ0) is 18.2. The number of carboxylic acids is 1. The molecule has 1 fully saturated rings. The lowest BCUT2D eigenvalue weighted by molar-refractivity contribution is -0.136. The third-order valence-electron chi connectivity index (χ3n) is 4.55. The van der Waals surface area contributed by atoms with Gasteiger partial charge in [0.1, 0.15) is 6.04 Å². The Morgan fingerprint density at radius 2 is 1.76 bits per heavy atom. The molecule has 3 N–H and O–H groups in total. The molecule has 2 amide bonds. The first-order valence-corrected chi connectivity index (χ1v) is 8.85. The number of carboxylic acid groups (broad SMARTS) is 1. The molecule has 1 unspecified atom stereocenters. The van der Waals surface area contributed by atoms with E-state index in [-0.39, 0.29) is 18.2 Å². The zero-order valence-electron chi connectivity index (χ0n) is 14.6. The minimum atomic E-state index is -0.897. The largest absolute Gasteiger partial charge is 0.481 e. The van der Waals surface area contributed by atoms with Crippen molar-refractivity contribution in [1.82, 2.24) is 5.32 Å². The van der Waals surface area contributed by atoms with E-state index in [2.05, 4.69) is 10.6 Å². The van der Waals surface area contributed by atoms with E-state index in [1.165, 1.54) is 19.3 Å². The summed E-state index contributed by atoms with van der Waals surface area (Å²) in [7, 11) is 0. The third kappa shape index (κ3) is 6.57. The van der Waals surface area contributed by atoms with E-state index in [0.717, 1.165) is 12.8 Å². The number of anilines is 1. The molecule has 0 radical (unpaired) electrons. The van der Waals surface area contributed by atoms with Gasteiger partial charge in [-0.15, -0.1) is 0 Å². The SMILES string of the molecule is CC(NC(=O)CC1CCCCC1)C(=O)Nc1ccc(CC(=O)O)cc1. The number of nitrogens with one attached hydrogen (secondary N) is 2. The number of carbonyl (C=O) groups is 3. The van der Waals surface area contributed by atoms with E-state index >= 15 is 0 Å². The van der Waals surface area contributed by atoms with Crippen molar-refractivity contribution in [2.45, 2.75) is 57.9 Å². The van der Waals surface area contributed by atoms with Crippen LogP contribution in [0.4, 0.5) is 5.69 Å². The van der Waals surface area contributed by atoms with Gasteiger partial charge >= 0.3 is 5.97 Å². The molecule has 0 spiro atoms. The van der Waals surface area contributed by atoms with Crippen molar-refractivity contribution in [3.8, 4) is 0 Å². The van der Waals surface area contributed by atoms with Crippen molar-refractivity contribution in [1.29, 1.82) is 0 Å². The molecule has 1 saturated carbocycles. The van der Waals surface area contributed by atoms with Crippen LogP contribution >= 0.6 is 0 Å². The lowest BCUT2D eigenvalue weighted by Crippen LogP contribution is -2.42. The Hall–Kier alpha value is -2.37. The van der Waals surface area contributed by atoms with Crippen LogP contribution in [0.15, 0.2) is 24.3 Å². The van der Waals surface area contributed by atoms with E-state index in [1.807, 2.05) is 0 Å². The molecule has 6 heteroatoms. The second-order valence-electron chi connectivity index (χ2n) is 6.75. The van der Waals surface area contributed by atoms with Crippen LogP contribution in [0.1, 0.15) is 51.0 Å². The van der Waals surface area contributed by atoms with E-state index in [9.17, 15) is 14.4 Å². The topological polar surface area (TPSA) is 95.5 Å². The van der Waals surface area contributed by atoms with Crippen molar-refractivity contribution >= 4 is 23.5 Å². The maximum absolute atomic E-state index is 12.2. The lowest BCUT2D eigenvalue weighted by atomic mass is 9.87. The Kier molecular flexibility index (Phi) is 6.98. The molecule has 1 aliphatic rings. The van der Waals surface area contributed by atoms with E-state index in [1.54, 1.807) is 31.2 Å². The molecule has 0 bridgehead atoms. The molecule has 1 aromatic rings. The second-order valence-corrected chi connectivity index (χ2v) is 6.75. The van der Waals surface area contributed by atoms with Crippen molar-refractivity contribution in [3.05, 3.63) is 29.8 Å². The van der Waals surface area contributed by atoms with Gasteiger partial charge in [0.15, 0.2) is 0 Å². The van der Waals surface area contributed by atoms with Crippen LogP contribution < -0.4 is 10.6 Å². The van der Waals surface area contributed by atoms with Crippen molar-refractivity contribution < 1.29 is 19.5 Å². The summed E-state index contributed by atoms with van der Waals surface area (Å²) in [5.74, 6) is -0.828. The van der Waals surface area contributed by atoms with Gasteiger partial charge in [-0.3, -0.25) is 14.4 Å². The summed E-state index contributed by atoms with van der Waals surface area (Å²) in [6.45, 7) is 1.66. The van der Waals surface area contributed by atoms with E-state index < -0.39 is 12.0 Å². The molecule has 1 atom stereocenters. The third-order valence-corrected chi connectivity index (χ3v) is 4.55. The summed E-state index contributed by atoms with van der Waals surface area (Å²) in [4.78, 5) is 34.9. The summed E-state index contributed by atoms with van der Waals surface area (Å²) in [5.41, 5.74) is 1.24. The Bertz CT molecular complexity index is 606. The van der Waals surface area contributed by atoms with Gasteiger partial charge in [-0.05, 0) is 43.4 Å². The lowest BCUT2D eigenvalue weighted by Gasteiger charge is -2.22. The highest BCUT2D eigenvalue weighted by Crippen LogP contribution is 2.26. The number of carbonyl (C=O) groups excluding carboxylic acids is 2. The smallest absolute Gasteiger partial charge is 0.307 e. The van der Waals surface area contributed by atoms with Gasteiger partial charge in [-0.2, -0.15) is 0 Å². The fourth-order valence-electron chi connectivity index (χ4n) is 3.15. The first kappa shape index (κ1) is 19.0. The van der Waals surface area contributed by atoms with Gasteiger partial charge in [-0.1, -0.05) is 31.4 Å². The van der Waals surface area contributed by atoms with Crippen molar-refractivity contribution in [2.24, 2.45) is 5.92 Å². The van der Waals surface area contributed by atoms with Crippen LogP contribution in [-0.2, 0) is 20.8 Å². The Balaban J connectivity index is 1.78. The standard InChI is InChI=1S/C19H26N2O4/c1-13(20-17(22)11-14-5-3-2-4-6-14)19(25)21-16-9-7-15(8-10-16)12-18(23)24/h7-10,13-14H,2-6,11-12H2,1H3,(H,20,22)(H,21,25)(H,23,24). The molecule has 0 aromatic heterocycles. The molecule has 0 heterocycles. The molecule has 2 rings (SSSR count). The quantitative estimate of drug-likeness (QED) is 0.707. The first-order chi connectivity index (χ1) is 11.9. The second kappa shape index (κ2) is 9.20. The number of aliphatic carboxylic acids is 1. The van der Waals surface area contributed by atoms with Crippen LogP contribution in [0.25, 0.3) is 0 Å². The number of hydrogen-bond acceptors (Lipinski definition) is 3. The minimum Gasteiger partial charge on any atom is -0.481 e. The molecule has 6 nitrogen and oxygen atoms in total. The number of rotatable bonds is 7. The summed E-state index contributed by atoms with van der Waals surface area (Å²) in [5, 5.41) is 14.2. The van der Waals surface area contributed by atoms with Crippen molar-refractivity contribution in [3.63, 3.8) is 0 Å². The minimum absolute atomic E-state index is 0.0537. The molecule has 0 aliphatic heterocycles. The molecular weight excluding hydrogens is 320 g/mol. The van der Waals surface area contributed by atoms with Crippen LogP contribution in [0.5, 0.6) is 0 Å². The van der Waals surface area contributed by atoms with Crippen molar-refractivity contribution in [2.75, 3.05) is 5.32 Å². The molecule has 1 aromatic carbocycles. The van der Waals surface area contributed by atoms with Gasteiger partial charge < -0.3 is 15.7 Å². The highest BCUT2D eigenvalue weighted by atomic mass is 16.4. The van der Waals surface area contributed by atoms with Crippen LogP contribution in [0.3, 0.4) is 0 Å². The van der Waals surface area contributed by atoms with Gasteiger partial charge in [-0.25, -0.2) is 0 Å². The highest BCUT2D eigenvalue weighted by Gasteiger charge is 2.20. The van der Waals surface area contributed by atoms with Gasteiger partial charge in [0.2, 0.25) is 11.8 Å². The Morgan fingerprint density at radius 3 is 2.36 bits per heavy atom. The van der Waals surface area contributed by atoms with Gasteiger partial charge in [0.05, 0.1) is 6.42 Å². The zero-order valence-corrected chi connectivity index (χ0v) is 14.6. The normalized spacial score (nSPS) is 16.0. The molecule has 136 valence electrons. The first-order valence-electron chi connectivity index (χ1n) is 8.85. The summed E-state index contributed by atoms with van der Waals surface area (Å²) < 4.78 is 0. The van der Waals surface area contributed by atoms with Gasteiger partial charge in [0.25, 0.3) is 0 Å². The molecule has 0 saturated heterocycles. The number of hydrogen-bond donors (Lipinski definition) is 3. The molecular formula is C19H26N2O4. The summed E-state index contributed by atoms with van der Waals surface area (Å²) >= 11 is 0. The molecule has 25 heavy (non-hydrogen) atoms. The van der Waals surface area contributed by atoms with E-state index in [0.29, 0.717) is 23.6 Å². The number of benzene rings is 1. The monoisotopic (exact) mass is 346 g/mol. The summed E-state index contributed by atoms with van der Waals surface area (Å²) in [6, 6.07) is 6.03. The van der Waals surface area contributed by atoms with Gasteiger partial charge in [0, 0.05) is 12.1 Å². The number of amides is 2.